The van der Waals surface area contributed by atoms with Crippen LogP contribution in [0.4, 0.5) is 0 Å². The number of hydrogen-bond donors (Lipinski definition) is 1. The van der Waals surface area contributed by atoms with E-state index in [-0.39, 0.29) is 22.6 Å². The van der Waals surface area contributed by atoms with Crippen molar-refractivity contribution in [3.8, 4) is 11.5 Å². The molecule has 21 heavy (non-hydrogen) atoms. The Morgan fingerprint density at radius 2 is 2.00 bits per heavy atom. The van der Waals surface area contributed by atoms with E-state index in [9.17, 15) is 8.42 Å². The lowest BCUT2D eigenvalue weighted by Gasteiger charge is -2.34. The molecule has 118 valence electrons. The minimum absolute atomic E-state index is 0.0502. The van der Waals surface area contributed by atoms with E-state index in [0.717, 1.165) is 0 Å². The molecule has 7 heteroatoms. The second kappa shape index (κ2) is 6.21. The van der Waals surface area contributed by atoms with Crippen molar-refractivity contribution in [2.45, 2.75) is 24.3 Å². The summed E-state index contributed by atoms with van der Waals surface area (Å²) >= 11 is 0. The summed E-state index contributed by atoms with van der Waals surface area (Å²) in [4.78, 5) is 0.161. The predicted molar refractivity (Wildman–Crippen MR) is 80.1 cm³/mol. The van der Waals surface area contributed by atoms with E-state index < -0.39 is 10.0 Å². The molecule has 1 aliphatic rings. The number of nitrogens with zero attached hydrogens (tertiary/aromatic N) is 1. The molecule has 0 amide bonds. The van der Waals surface area contributed by atoms with Crippen LogP contribution < -0.4 is 15.2 Å². The number of nitrogens with two attached hydrogens (primary N) is 1. The van der Waals surface area contributed by atoms with Crippen LogP contribution in [-0.4, -0.2) is 46.1 Å². The summed E-state index contributed by atoms with van der Waals surface area (Å²) in [6.07, 6.45) is 0.666. The molecular formula is C14H22N2O4S. The lowest BCUT2D eigenvalue weighted by molar-refractivity contribution is 0.249. The van der Waals surface area contributed by atoms with Gasteiger partial charge in [0.05, 0.1) is 14.2 Å². The molecule has 6 nitrogen and oxygen atoms in total. The fourth-order valence-electron chi connectivity index (χ4n) is 2.47. The smallest absolute Gasteiger partial charge is 0.246 e. The van der Waals surface area contributed by atoms with E-state index in [4.69, 9.17) is 15.2 Å². The van der Waals surface area contributed by atoms with Crippen molar-refractivity contribution in [2.24, 2.45) is 11.7 Å². The van der Waals surface area contributed by atoms with Crippen LogP contribution in [0.3, 0.4) is 0 Å². The second-order valence-corrected chi connectivity index (χ2v) is 7.22. The minimum atomic E-state index is -3.59. The van der Waals surface area contributed by atoms with Gasteiger partial charge >= 0.3 is 0 Å². The van der Waals surface area contributed by atoms with Crippen LogP contribution in [0, 0.1) is 5.92 Å². The maximum absolute atomic E-state index is 12.8. The van der Waals surface area contributed by atoms with Crippen molar-refractivity contribution >= 4 is 10.0 Å². The monoisotopic (exact) mass is 314 g/mol. The molecule has 2 N–H and O–H groups in total. The minimum Gasteiger partial charge on any atom is -0.497 e. The highest BCUT2D eigenvalue weighted by molar-refractivity contribution is 7.89. The summed E-state index contributed by atoms with van der Waals surface area (Å²) in [5, 5.41) is 0. The molecule has 0 radical (unpaired) electrons. The molecule has 2 rings (SSSR count). The maximum Gasteiger partial charge on any atom is 0.246 e. The van der Waals surface area contributed by atoms with Gasteiger partial charge in [-0.1, -0.05) is 6.92 Å². The van der Waals surface area contributed by atoms with Gasteiger partial charge in [-0.3, -0.25) is 0 Å². The molecule has 1 aromatic rings. The summed E-state index contributed by atoms with van der Waals surface area (Å²) in [6.45, 7) is 2.83. The van der Waals surface area contributed by atoms with Crippen LogP contribution in [0.15, 0.2) is 23.1 Å². The first-order valence-corrected chi connectivity index (χ1v) is 8.32. The van der Waals surface area contributed by atoms with Gasteiger partial charge in [0.2, 0.25) is 10.0 Å². The zero-order valence-corrected chi connectivity index (χ0v) is 13.4. The molecule has 1 fully saturated rings. The van der Waals surface area contributed by atoms with Crippen molar-refractivity contribution in [3.63, 3.8) is 0 Å². The van der Waals surface area contributed by atoms with Crippen molar-refractivity contribution in [1.82, 2.24) is 4.31 Å². The Bertz CT molecular complexity index is 603. The highest BCUT2D eigenvalue weighted by Gasteiger charge is 2.33. The van der Waals surface area contributed by atoms with Crippen molar-refractivity contribution in [2.75, 3.05) is 27.3 Å². The summed E-state index contributed by atoms with van der Waals surface area (Å²) < 4.78 is 37.3. The normalized spacial score (nSPS) is 23.8. The largest absolute Gasteiger partial charge is 0.497 e. The van der Waals surface area contributed by atoms with Gasteiger partial charge in [-0.05, 0) is 24.5 Å². The van der Waals surface area contributed by atoms with Crippen LogP contribution in [0.2, 0.25) is 0 Å². The van der Waals surface area contributed by atoms with Gasteiger partial charge in [-0.2, -0.15) is 4.31 Å². The molecule has 2 unspecified atom stereocenters. The van der Waals surface area contributed by atoms with Crippen molar-refractivity contribution in [3.05, 3.63) is 18.2 Å². The molecule has 1 heterocycles. The zero-order valence-electron chi connectivity index (χ0n) is 12.6. The van der Waals surface area contributed by atoms with E-state index in [2.05, 4.69) is 0 Å². The summed E-state index contributed by atoms with van der Waals surface area (Å²) in [7, 11) is -0.617. The zero-order chi connectivity index (χ0) is 15.6. The first-order valence-electron chi connectivity index (χ1n) is 6.88. The summed E-state index contributed by atoms with van der Waals surface area (Å²) in [5.41, 5.74) is 5.95. The third-order valence-corrected chi connectivity index (χ3v) is 5.83. The summed E-state index contributed by atoms with van der Waals surface area (Å²) in [6, 6.07) is 4.77. The number of benzene rings is 1. The van der Waals surface area contributed by atoms with E-state index in [0.29, 0.717) is 25.3 Å². The van der Waals surface area contributed by atoms with Gasteiger partial charge in [0.15, 0.2) is 0 Å². The molecule has 2 atom stereocenters. The Kier molecular flexibility index (Phi) is 4.75. The molecule has 0 spiro atoms. The highest BCUT2D eigenvalue weighted by atomic mass is 32.2. The fraction of sp³-hybridized carbons (Fsp3) is 0.571. The van der Waals surface area contributed by atoms with Gasteiger partial charge in [0, 0.05) is 25.2 Å². The van der Waals surface area contributed by atoms with Gasteiger partial charge in [0.1, 0.15) is 16.4 Å². The number of hydrogen-bond acceptors (Lipinski definition) is 5. The molecule has 1 aliphatic heterocycles. The van der Waals surface area contributed by atoms with Crippen LogP contribution in [-0.2, 0) is 10.0 Å². The van der Waals surface area contributed by atoms with Crippen LogP contribution in [0.25, 0.3) is 0 Å². The average Bonchev–Trinajstić information content (AvgIpc) is 2.49. The molecule has 0 aliphatic carbocycles. The van der Waals surface area contributed by atoms with E-state index >= 15 is 0 Å². The third kappa shape index (κ3) is 3.14. The highest BCUT2D eigenvalue weighted by Crippen LogP contribution is 2.32. The molecule has 0 saturated carbocycles. The van der Waals surface area contributed by atoms with Crippen LogP contribution in [0.1, 0.15) is 13.3 Å². The van der Waals surface area contributed by atoms with Gasteiger partial charge < -0.3 is 15.2 Å². The number of rotatable bonds is 4. The first-order chi connectivity index (χ1) is 9.90. The summed E-state index contributed by atoms with van der Waals surface area (Å²) in [5.74, 6) is 0.981. The first kappa shape index (κ1) is 16.1. The van der Waals surface area contributed by atoms with Gasteiger partial charge in [0.25, 0.3) is 0 Å². The van der Waals surface area contributed by atoms with E-state index in [1.807, 2.05) is 6.92 Å². The van der Waals surface area contributed by atoms with Crippen molar-refractivity contribution in [1.29, 1.82) is 0 Å². The lowest BCUT2D eigenvalue weighted by atomic mass is 9.96. The lowest BCUT2D eigenvalue weighted by Crippen LogP contribution is -2.48. The van der Waals surface area contributed by atoms with Gasteiger partial charge in [-0.15, -0.1) is 0 Å². The Balaban J connectivity index is 2.35. The van der Waals surface area contributed by atoms with Crippen molar-refractivity contribution < 1.29 is 17.9 Å². The Morgan fingerprint density at radius 3 is 2.57 bits per heavy atom. The Labute approximate surface area is 125 Å². The molecule has 0 bridgehead atoms. The predicted octanol–water partition coefficient (Wildman–Crippen LogP) is 1.06. The Hall–Kier alpha value is -1.31. The molecular weight excluding hydrogens is 292 g/mol. The standard InChI is InChI=1S/C14H22N2O4S/c1-10-9-16(7-6-12(10)15)21(17,18)14-5-4-11(19-2)8-13(14)20-3/h4-5,8,10,12H,6-7,9,15H2,1-3H3. The number of piperidine rings is 1. The topological polar surface area (TPSA) is 81.9 Å². The third-order valence-electron chi connectivity index (χ3n) is 3.92. The molecule has 0 aromatic heterocycles. The SMILES string of the molecule is COc1ccc(S(=O)(=O)N2CCC(N)C(C)C2)c(OC)c1. The molecule has 1 aromatic carbocycles. The van der Waals surface area contributed by atoms with E-state index in [1.165, 1.54) is 24.6 Å². The Morgan fingerprint density at radius 1 is 1.29 bits per heavy atom. The quantitative estimate of drug-likeness (QED) is 0.898. The maximum atomic E-state index is 12.8. The second-order valence-electron chi connectivity index (χ2n) is 5.31. The fourth-order valence-corrected chi connectivity index (χ4v) is 4.16. The number of ether oxygens (including phenoxy) is 2. The van der Waals surface area contributed by atoms with Crippen LogP contribution >= 0.6 is 0 Å². The van der Waals surface area contributed by atoms with Crippen LogP contribution in [0.5, 0.6) is 11.5 Å². The average molecular weight is 314 g/mol. The van der Waals surface area contributed by atoms with Gasteiger partial charge in [-0.25, -0.2) is 8.42 Å². The molecule has 1 saturated heterocycles. The number of methoxy groups -OCH3 is 2. The number of sulfonamides is 1. The van der Waals surface area contributed by atoms with E-state index in [1.54, 1.807) is 12.1 Å².